The van der Waals surface area contributed by atoms with Gasteiger partial charge in [-0.05, 0) is 37.0 Å². The van der Waals surface area contributed by atoms with Crippen molar-refractivity contribution < 1.29 is 0 Å². The maximum Gasteiger partial charge on any atom is -0.0201 e. The summed E-state index contributed by atoms with van der Waals surface area (Å²) >= 11 is 0. The normalized spacial score (nSPS) is 36.9. The fourth-order valence-corrected chi connectivity index (χ4v) is 2.54. The Hall–Kier alpha value is -0.260. The molecule has 0 aromatic heterocycles. The van der Waals surface area contributed by atoms with Crippen LogP contribution < -0.4 is 0 Å². The second-order valence-corrected chi connectivity index (χ2v) is 4.54. The molecule has 1 aliphatic rings. The second kappa shape index (κ2) is 4.11. The molecular formula is C12H22. The second-order valence-electron chi connectivity index (χ2n) is 4.54. The van der Waals surface area contributed by atoms with Gasteiger partial charge in [0.15, 0.2) is 0 Å². The molecule has 0 aromatic carbocycles. The first-order valence-electron chi connectivity index (χ1n) is 5.33. The fourth-order valence-electron chi connectivity index (χ4n) is 2.54. The molecule has 0 bridgehead atoms. The summed E-state index contributed by atoms with van der Waals surface area (Å²) in [6.07, 6.45) is 5.41. The van der Waals surface area contributed by atoms with E-state index in [9.17, 15) is 0 Å². The molecule has 3 unspecified atom stereocenters. The van der Waals surface area contributed by atoms with Gasteiger partial charge in [-0.25, -0.2) is 0 Å². The number of hydrogen-bond acceptors (Lipinski definition) is 0. The average Bonchev–Trinajstić information content (AvgIpc) is 2.00. The number of rotatable bonds is 2. The van der Waals surface area contributed by atoms with Crippen LogP contribution in [0.5, 0.6) is 0 Å². The number of hydrogen-bond donors (Lipinski definition) is 0. The van der Waals surface area contributed by atoms with Crippen molar-refractivity contribution >= 4 is 0 Å². The first-order chi connectivity index (χ1) is 5.65. The van der Waals surface area contributed by atoms with Gasteiger partial charge < -0.3 is 0 Å². The van der Waals surface area contributed by atoms with Gasteiger partial charge in [0.05, 0.1) is 0 Å². The molecule has 1 saturated carbocycles. The van der Waals surface area contributed by atoms with Crippen LogP contribution in [0.3, 0.4) is 0 Å². The Bertz CT molecular complexity index is 157. The minimum Gasteiger partial charge on any atom is -0.0993 e. The zero-order valence-electron chi connectivity index (χ0n) is 8.77. The lowest BCUT2D eigenvalue weighted by molar-refractivity contribution is 0.287. The van der Waals surface area contributed by atoms with Crippen molar-refractivity contribution in [1.29, 1.82) is 0 Å². The standard InChI is InChI=1S/C12H22/c1-5-6-12-8-9(2)7-10(3)11(12)4/h9-10,12H,4-8H2,1-3H3. The van der Waals surface area contributed by atoms with Crippen molar-refractivity contribution in [3.8, 4) is 0 Å². The third-order valence-corrected chi connectivity index (χ3v) is 3.24. The van der Waals surface area contributed by atoms with E-state index in [1.807, 2.05) is 0 Å². The van der Waals surface area contributed by atoms with Crippen LogP contribution in [0, 0.1) is 17.8 Å². The molecule has 0 heteroatoms. The van der Waals surface area contributed by atoms with Gasteiger partial charge in [-0.1, -0.05) is 39.3 Å². The van der Waals surface area contributed by atoms with Crippen molar-refractivity contribution in [3.63, 3.8) is 0 Å². The van der Waals surface area contributed by atoms with Crippen LogP contribution in [0.2, 0.25) is 0 Å². The van der Waals surface area contributed by atoms with Gasteiger partial charge in [0.1, 0.15) is 0 Å². The summed E-state index contributed by atoms with van der Waals surface area (Å²) in [6.45, 7) is 11.2. The van der Waals surface area contributed by atoms with Gasteiger partial charge in [-0.15, -0.1) is 0 Å². The first kappa shape index (κ1) is 9.83. The molecule has 0 N–H and O–H groups in total. The monoisotopic (exact) mass is 166 g/mol. The molecule has 1 rings (SSSR count). The summed E-state index contributed by atoms with van der Waals surface area (Å²) in [5.74, 6) is 2.51. The van der Waals surface area contributed by atoms with E-state index in [2.05, 4.69) is 27.4 Å². The van der Waals surface area contributed by atoms with E-state index < -0.39 is 0 Å². The zero-order chi connectivity index (χ0) is 9.14. The van der Waals surface area contributed by atoms with E-state index in [1.165, 1.54) is 31.3 Å². The zero-order valence-corrected chi connectivity index (χ0v) is 8.77. The molecule has 0 radical (unpaired) electrons. The summed E-state index contributed by atoms with van der Waals surface area (Å²) in [4.78, 5) is 0. The van der Waals surface area contributed by atoms with E-state index >= 15 is 0 Å². The molecule has 0 heterocycles. The third-order valence-electron chi connectivity index (χ3n) is 3.24. The van der Waals surface area contributed by atoms with Crippen molar-refractivity contribution in [2.45, 2.75) is 46.5 Å². The summed E-state index contributed by atoms with van der Waals surface area (Å²) in [5, 5.41) is 0. The van der Waals surface area contributed by atoms with Crippen molar-refractivity contribution in [2.24, 2.45) is 17.8 Å². The fraction of sp³-hybridized carbons (Fsp3) is 0.833. The largest absolute Gasteiger partial charge is 0.0993 e. The highest BCUT2D eigenvalue weighted by Gasteiger charge is 2.26. The van der Waals surface area contributed by atoms with E-state index in [0.29, 0.717) is 0 Å². The predicted molar refractivity (Wildman–Crippen MR) is 55.1 cm³/mol. The smallest absolute Gasteiger partial charge is 0.0201 e. The van der Waals surface area contributed by atoms with E-state index in [1.54, 1.807) is 0 Å². The summed E-state index contributed by atoms with van der Waals surface area (Å²) in [5.41, 5.74) is 1.52. The first-order valence-corrected chi connectivity index (χ1v) is 5.33. The molecule has 12 heavy (non-hydrogen) atoms. The molecule has 0 saturated heterocycles. The minimum atomic E-state index is 0.769. The summed E-state index contributed by atoms with van der Waals surface area (Å²) < 4.78 is 0. The van der Waals surface area contributed by atoms with Gasteiger partial charge in [0, 0.05) is 0 Å². The lowest BCUT2D eigenvalue weighted by Crippen LogP contribution is -2.21. The molecule has 0 spiro atoms. The predicted octanol–water partition coefficient (Wildman–Crippen LogP) is 4.02. The average molecular weight is 166 g/mol. The maximum atomic E-state index is 4.23. The van der Waals surface area contributed by atoms with Crippen LogP contribution >= 0.6 is 0 Å². The minimum absolute atomic E-state index is 0.769. The lowest BCUT2D eigenvalue weighted by Gasteiger charge is -2.33. The molecule has 70 valence electrons. The van der Waals surface area contributed by atoms with Crippen LogP contribution in [0.4, 0.5) is 0 Å². The van der Waals surface area contributed by atoms with Crippen molar-refractivity contribution in [1.82, 2.24) is 0 Å². The van der Waals surface area contributed by atoms with E-state index in [0.717, 1.165) is 17.8 Å². The SMILES string of the molecule is C=C1C(C)CC(C)CC1CCC. The quantitative estimate of drug-likeness (QED) is 0.543. The Balaban J connectivity index is 2.54. The van der Waals surface area contributed by atoms with Crippen LogP contribution in [0.25, 0.3) is 0 Å². The van der Waals surface area contributed by atoms with Crippen LogP contribution in [-0.4, -0.2) is 0 Å². The van der Waals surface area contributed by atoms with Crippen molar-refractivity contribution in [2.75, 3.05) is 0 Å². The lowest BCUT2D eigenvalue weighted by atomic mass is 9.72. The molecule has 1 fully saturated rings. The van der Waals surface area contributed by atoms with Gasteiger partial charge in [0.25, 0.3) is 0 Å². The van der Waals surface area contributed by atoms with Gasteiger partial charge in [0.2, 0.25) is 0 Å². The molecule has 0 nitrogen and oxygen atoms in total. The number of allylic oxidation sites excluding steroid dienone is 1. The molecule has 0 aromatic rings. The molecule has 0 aliphatic heterocycles. The highest BCUT2D eigenvalue weighted by molar-refractivity contribution is 5.08. The van der Waals surface area contributed by atoms with Crippen LogP contribution in [0.15, 0.2) is 12.2 Å². The van der Waals surface area contributed by atoms with Gasteiger partial charge >= 0.3 is 0 Å². The third kappa shape index (κ3) is 2.12. The Kier molecular flexibility index (Phi) is 3.37. The molecule has 1 aliphatic carbocycles. The molecule has 0 amide bonds. The summed E-state index contributed by atoms with van der Waals surface area (Å²) in [6, 6.07) is 0. The van der Waals surface area contributed by atoms with E-state index in [4.69, 9.17) is 0 Å². The van der Waals surface area contributed by atoms with Crippen molar-refractivity contribution in [3.05, 3.63) is 12.2 Å². The Morgan fingerprint density at radius 2 is 2.00 bits per heavy atom. The molecule has 3 atom stereocenters. The highest BCUT2D eigenvalue weighted by Crippen LogP contribution is 2.38. The van der Waals surface area contributed by atoms with Gasteiger partial charge in [-0.3, -0.25) is 0 Å². The Morgan fingerprint density at radius 3 is 2.58 bits per heavy atom. The van der Waals surface area contributed by atoms with E-state index in [-0.39, 0.29) is 0 Å². The van der Waals surface area contributed by atoms with Gasteiger partial charge in [-0.2, -0.15) is 0 Å². The topological polar surface area (TPSA) is 0 Å². The maximum absolute atomic E-state index is 4.23. The Morgan fingerprint density at radius 1 is 1.33 bits per heavy atom. The van der Waals surface area contributed by atoms with Crippen LogP contribution in [-0.2, 0) is 0 Å². The highest BCUT2D eigenvalue weighted by atomic mass is 14.3. The Labute approximate surface area is 77.1 Å². The summed E-state index contributed by atoms with van der Waals surface area (Å²) in [7, 11) is 0. The van der Waals surface area contributed by atoms with Crippen LogP contribution in [0.1, 0.15) is 46.5 Å². The molecular weight excluding hydrogens is 144 g/mol.